The van der Waals surface area contributed by atoms with Crippen LogP contribution in [0, 0.1) is 0 Å². The van der Waals surface area contributed by atoms with Gasteiger partial charge < -0.3 is 0 Å². The van der Waals surface area contributed by atoms with E-state index in [9.17, 15) is 30.7 Å². The Kier molecular flexibility index (Phi) is 4.16. The Hall–Kier alpha value is -2.06. The zero-order valence-electron chi connectivity index (χ0n) is 11.7. The smallest absolute Gasteiger partial charge is 0.269 e. The Balaban J connectivity index is 2.44. The molecule has 0 aliphatic heterocycles. The molecule has 0 spiro atoms. The molecule has 0 N–H and O–H groups in total. The Morgan fingerprint density at radius 1 is 0.913 bits per heavy atom. The zero-order valence-corrected chi connectivity index (χ0v) is 11.7. The number of imidazole rings is 1. The molecule has 0 atom stereocenters. The lowest BCUT2D eigenvalue weighted by Crippen LogP contribution is -2.41. The third-order valence-electron chi connectivity index (χ3n) is 3.29. The standard InChI is InChI=1S/C14H11F7N2/c1-2-11-22-7-8-23(11)14(20,21)12(15,16)9-3-5-10(6-4-9)13(17,18)19/h3-8H,2H2,1H3. The molecule has 1 aromatic heterocycles. The first-order chi connectivity index (χ1) is 10.5. The molecule has 0 aliphatic carbocycles. The third kappa shape index (κ3) is 2.91. The molecule has 1 aromatic carbocycles. The van der Waals surface area contributed by atoms with Gasteiger partial charge in [0.1, 0.15) is 5.82 Å². The monoisotopic (exact) mass is 340 g/mol. The Bertz CT molecular complexity index is 671. The van der Waals surface area contributed by atoms with Gasteiger partial charge in [0.15, 0.2) is 0 Å². The van der Waals surface area contributed by atoms with Crippen molar-refractivity contribution < 1.29 is 30.7 Å². The van der Waals surface area contributed by atoms with Crippen LogP contribution in [0.2, 0.25) is 0 Å². The second-order valence-corrected chi connectivity index (χ2v) is 4.76. The number of alkyl halides is 7. The van der Waals surface area contributed by atoms with E-state index >= 15 is 0 Å². The lowest BCUT2D eigenvalue weighted by molar-refractivity contribution is -0.268. The average Bonchev–Trinajstić information content (AvgIpc) is 2.95. The van der Waals surface area contributed by atoms with Crippen molar-refractivity contribution >= 4 is 0 Å². The molecule has 2 nitrogen and oxygen atoms in total. The number of aromatic nitrogens is 2. The highest BCUT2D eigenvalue weighted by atomic mass is 19.4. The summed E-state index contributed by atoms with van der Waals surface area (Å²) in [6.45, 7) is 1.46. The number of hydrogen-bond acceptors (Lipinski definition) is 1. The maximum absolute atomic E-state index is 14.2. The first-order valence-electron chi connectivity index (χ1n) is 6.48. The molecule has 0 bridgehead atoms. The van der Waals surface area contributed by atoms with E-state index in [1.165, 1.54) is 6.92 Å². The number of aryl methyl sites for hydroxylation is 1. The van der Waals surface area contributed by atoms with Crippen molar-refractivity contribution in [2.45, 2.75) is 31.5 Å². The molecule has 0 saturated carbocycles. The van der Waals surface area contributed by atoms with Crippen LogP contribution >= 0.6 is 0 Å². The highest BCUT2D eigenvalue weighted by Gasteiger charge is 2.59. The summed E-state index contributed by atoms with van der Waals surface area (Å²) in [5, 5.41) is 0. The lowest BCUT2D eigenvalue weighted by Gasteiger charge is -2.28. The molecule has 0 radical (unpaired) electrons. The summed E-state index contributed by atoms with van der Waals surface area (Å²) in [6, 6.07) is -3.30. The SMILES string of the molecule is CCc1nccn1C(F)(F)C(F)(F)c1ccc(C(F)(F)F)cc1. The number of rotatable bonds is 4. The molecule has 9 heteroatoms. The van der Waals surface area contributed by atoms with Crippen molar-refractivity contribution in [3.8, 4) is 0 Å². The largest absolute Gasteiger partial charge is 0.416 e. The van der Waals surface area contributed by atoms with Crippen molar-refractivity contribution in [3.63, 3.8) is 0 Å². The second-order valence-electron chi connectivity index (χ2n) is 4.76. The normalized spacial score (nSPS) is 13.4. The van der Waals surface area contributed by atoms with Gasteiger partial charge in [-0.05, 0) is 12.1 Å². The van der Waals surface area contributed by atoms with Gasteiger partial charge in [-0.1, -0.05) is 19.1 Å². The van der Waals surface area contributed by atoms with E-state index < -0.39 is 29.3 Å². The molecule has 2 aromatic rings. The number of benzene rings is 1. The number of hydrogen-bond donors (Lipinski definition) is 0. The molecule has 0 unspecified atom stereocenters. The van der Waals surface area contributed by atoms with Crippen LogP contribution in [0.1, 0.15) is 23.9 Å². The van der Waals surface area contributed by atoms with Crippen LogP contribution in [-0.4, -0.2) is 9.55 Å². The van der Waals surface area contributed by atoms with Gasteiger partial charge in [-0.15, -0.1) is 0 Å². The maximum Gasteiger partial charge on any atom is 0.416 e. The minimum Gasteiger partial charge on any atom is -0.269 e. The number of halogens is 7. The quantitative estimate of drug-likeness (QED) is 0.731. The van der Waals surface area contributed by atoms with Gasteiger partial charge in [0, 0.05) is 24.4 Å². The first-order valence-corrected chi connectivity index (χ1v) is 6.48. The molecular formula is C14H11F7N2. The minimum atomic E-state index is -4.74. The highest BCUT2D eigenvalue weighted by Crippen LogP contribution is 2.47. The summed E-state index contributed by atoms with van der Waals surface area (Å²) in [4.78, 5) is 3.56. The molecule has 2 rings (SSSR count). The van der Waals surface area contributed by atoms with Gasteiger partial charge in [0.05, 0.1) is 5.56 Å². The van der Waals surface area contributed by atoms with Crippen molar-refractivity contribution in [3.05, 3.63) is 53.6 Å². The Labute approximate surface area is 126 Å². The molecule has 23 heavy (non-hydrogen) atoms. The first kappa shape index (κ1) is 17.3. The second kappa shape index (κ2) is 5.54. The van der Waals surface area contributed by atoms with Crippen LogP contribution < -0.4 is 0 Å². The summed E-state index contributed by atoms with van der Waals surface area (Å²) in [6.07, 6.45) is -3.09. The van der Waals surface area contributed by atoms with E-state index in [1.807, 2.05) is 0 Å². The Morgan fingerprint density at radius 3 is 1.91 bits per heavy atom. The van der Waals surface area contributed by atoms with E-state index in [4.69, 9.17) is 0 Å². The lowest BCUT2D eigenvalue weighted by atomic mass is 10.0. The fourth-order valence-corrected chi connectivity index (χ4v) is 2.05. The third-order valence-corrected chi connectivity index (χ3v) is 3.29. The topological polar surface area (TPSA) is 17.8 Å². The van der Waals surface area contributed by atoms with E-state index in [1.54, 1.807) is 0 Å². The van der Waals surface area contributed by atoms with Crippen molar-refractivity contribution in [2.75, 3.05) is 0 Å². The fourth-order valence-electron chi connectivity index (χ4n) is 2.05. The van der Waals surface area contributed by atoms with Crippen molar-refractivity contribution in [1.82, 2.24) is 9.55 Å². The minimum absolute atomic E-state index is 0.00825. The maximum atomic E-state index is 14.2. The van der Waals surface area contributed by atoms with Gasteiger partial charge in [0.2, 0.25) is 0 Å². The predicted octanol–water partition coefficient (Wildman–Crippen LogP) is 4.81. The van der Waals surface area contributed by atoms with E-state index in [2.05, 4.69) is 4.98 Å². The Morgan fingerprint density at radius 2 is 1.43 bits per heavy atom. The summed E-state index contributed by atoms with van der Waals surface area (Å²) in [5.74, 6) is -4.97. The van der Waals surface area contributed by atoms with Crippen LogP contribution in [0.15, 0.2) is 36.7 Å². The van der Waals surface area contributed by atoms with Gasteiger partial charge in [-0.3, -0.25) is 4.57 Å². The summed E-state index contributed by atoms with van der Waals surface area (Å²) in [7, 11) is 0. The molecule has 0 aliphatic rings. The van der Waals surface area contributed by atoms with Crippen molar-refractivity contribution in [1.29, 1.82) is 0 Å². The van der Waals surface area contributed by atoms with Crippen LogP contribution in [-0.2, 0) is 24.6 Å². The molecule has 0 fully saturated rings. The van der Waals surface area contributed by atoms with E-state index in [0.29, 0.717) is 30.5 Å². The van der Waals surface area contributed by atoms with Gasteiger partial charge in [0.25, 0.3) is 0 Å². The molecule has 0 saturated heterocycles. The zero-order chi connectivity index (χ0) is 17.5. The van der Waals surface area contributed by atoms with Crippen LogP contribution in [0.25, 0.3) is 0 Å². The van der Waals surface area contributed by atoms with Crippen LogP contribution in [0.5, 0.6) is 0 Å². The molecule has 126 valence electrons. The van der Waals surface area contributed by atoms with Gasteiger partial charge >= 0.3 is 18.1 Å². The van der Waals surface area contributed by atoms with Gasteiger partial charge in [-0.2, -0.15) is 30.7 Å². The fraction of sp³-hybridized carbons (Fsp3) is 0.357. The van der Waals surface area contributed by atoms with Crippen molar-refractivity contribution in [2.24, 2.45) is 0 Å². The summed E-state index contributed by atoms with van der Waals surface area (Å²) < 4.78 is 94.0. The average molecular weight is 340 g/mol. The van der Waals surface area contributed by atoms with E-state index in [-0.39, 0.29) is 16.8 Å². The summed E-state index contributed by atoms with van der Waals surface area (Å²) in [5.41, 5.74) is -2.41. The van der Waals surface area contributed by atoms with Crippen LogP contribution in [0.3, 0.4) is 0 Å². The van der Waals surface area contributed by atoms with E-state index in [0.717, 1.165) is 6.20 Å². The molecular weight excluding hydrogens is 329 g/mol. The highest BCUT2D eigenvalue weighted by molar-refractivity contribution is 5.28. The van der Waals surface area contributed by atoms with Crippen LogP contribution in [0.4, 0.5) is 30.7 Å². The van der Waals surface area contributed by atoms with Gasteiger partial charge in [-0.25, -0.2) is 4.98 Å². The molecule has 1 heterocycles. The molecule has 0 amide bonds. The number of nitrogens with zero attached hydrogens (tertiary/aromatic N) is 2. The predicted molar refractivity (Wildman–Crippen MR) is 67.1 cm³/mol. The summed E-state index contributed by atoms with van der Waals surface area (Å²) >= 11 is 0.